The molecule has 2 aromatic rings. The minimum Gasteiger partial charge on any atom is -0.347 e. The zero-order valence-electron chi connectivity index (χ0n) is 10.5. The van der Waals surface area contributed by atoms with Gasteiger partial charge in [0.15, 0.2) is 0 Å². The molecule has 0 aliphatic heterocycles. The molecule has 1 heterocycles. The Bertz CT molecular complexity index is 683. The molecule has 0 fully saturated rings. The summed E-state index contributed by atoms with van der Waals surface area (Å²) in [5.41, 5.74) is 13.5. The van der Waals surface area contributed by atoms with E-state index in [1.807, 2.05) is 19.1 Å². The van der Waals surface area contributed by atoms with Gasteiger partial charge in [-0.05, 0) is 34.9 Å². The fourth-order valence-electron chi connectivity index (χ4n) is 2.68. The lowest BCUT2D eigenvalue weighted by Crippen LogP contribution is -2.09. The van der Waals surface area contributed by atoms with E-state index in [4.69, 9.17) is 17.1 Å². The highest BCUT2D eigenvalue weighted by molar-refractivity contribution is 6.30. The molecule has 0 radical (unpaired) electrons. The summed E-state index contributed by atoms with van der Waals surface area (Å²) in [5, 5.41) is 4.48. The Labute approximate surface area is 116 Å². The van der Waals surface area contributed by atoms with Crippen LogP contribution < -0.4 is 0 Å². The second kappa shape index (κ2) is 4.65. The number of nitrogens with zero attached hydrogens (tertiary/aromatic N) is 4. The van der Waals surface area contributed by atoms with Crippen molar-refractivity contribution in [2.75, 3.05) is 0 Å². The molecule has 0 amide bonds. The van der Waals surface area contributed by atoms with Gasteiger partial charge in [0, 0.05) is 34.7 Å². The van der Waals surface area contributed by atoms with Crippen LogP contribution in [0.2, 0.25) is 5.02 Å². The van der Waals surface area contributed by atoms with Crippen LogP contribution in [0.5, 0.6) is 0 Å². The number of hydrogen-bond donors (Lipinski definition) is 0. The van der Waals surface area contributed by atoms with Crippen molar-refractivity contribution in [1.29, 1.82) is 0 Å². The lowest BCUT2D eigenvalue weighted by molar-refractivity contribution is 0.594. The molecule has 1 aliphatic carbocycles. The van der Waals surface area contributed by atoms with E-state index in [9.17, 15) is 0 Å². The molecule has 4 nitrogen and oxygen atoms in total. The number of hydrogen-bond acceptors (Lipinski definition) is 1. The zero-order valence-corrected chi connectivity index (χ0v) is 11.3. The Morgan fingerprint density at radius 2 is 2.26 bits per heavy atom. The van der Waals surface area contributed by atoms with Crippen LogP contribution in [-0.4, -0.2) is 10.6 Å². The van der Waals surface area contributed by atoms with E-state index in [0.29, 0.717) is 6.54 Å². The maximum absolute atomic E-state index is 8.48. The van der Waals surface area contributed by atoms with Crippen LogP contribution in [0.4, 0.5) is 0 Å². The van der Waals surface area contributed by atoms with Crippen molar-refractivity contribution in [1.82, 2.24) is 4.57 Å². The predicted molar refractivity (Wildman–Crippen MR) is 76.3 cm³/mol. The maximum Gasteiger partial charge on any atom is 0.0525 e. The molecule has 0 N–H and O–H groups in total. The van der Waals surface area contributed by atoms with Crippen molar-refractivity contribution in [2.24, 2.45) is 5.11 Å². The van der Waals surface area contributed by atoms with E-state index in [2.05, 4.69) is 32.9 Å². The topological polar surface area (TPSA) is 53.7 Å². The first-order chi connectivity index (χ1) is 9.19. The molecule has 1 aliphatic rings. The number of halogens is 1. The minimum absolute atomic E-state index is 0.0651. The third-order valence-corrected chi connectivity index (χ3v) is 3.70. The summed E-state index contributed by atoms with van der Waals surface area (Å²) in [5.74, 6) is 0. The molecule has 0 bridgehead atoms. The largest absolute Gasteiger partial charge is 0.347 e. The van der Waals surface area contributed by atoms with Crippen molar-refractivity contribution in [3.05, 3.63) is 57.1 Å². The average Bonchev–Trinajstić information content (AvgIpc) is 2.90. The van der Waals surface area contributed by atoms with E-state index in [1.165, 1.54) is 22.4 Å². The second-order valence-corrected chi connectivity index (χ2v) is 5.31. The number of benzene rings is 1. The van der Waals surface area contributed by atoms with Gasteiger partial charge in [-0.15, -0.1) is 0 Å². The molecule has 1 atom stereocenters. The molecular formula is C14H13ClN4. The highest BCUT2D eigenvalue weighted by Crippen LogP contribution is 2.38. The van der Waals surface area contributed by atoms with Gasteiger partial charge in [0.1, 0.15) is 0 Å². The monoisotopic (exact) mass is 272 g/mol. The fraction of sp³-hybridized carbons (Fsp3) is 0.286. The first-order valence-electron chi connectivity index (χ1n) is 6.20. The van der Waals surface area contributed by atoms with E-state index >= 15 is 0 Å². The molecule has 0 spiro atoms. The van der Waals surface area contributed by atoms with Crippen LogP contribution in [0.15, 0.2) is 35.6 Å². The van der Waals surface area contributed by atoms with Crippen molar-refractivity contribution >= 4 is 11.6 Å². The highest BCUT2D eigenvalue weighted by atomic mass is 35.5. The Morgan fingerprint density at radius 3 is 3.05 bits per heavy atom. The van der Waals surface area contributed by atoms with Crippen LogP contribution in [0, 0.1) is 0 Å². The predicted octanol–water partition coefficient (Wildman–Crippen LogP) is 4.41. The Kier molecular flexibility index (Phi) is 2.97. The molecule has 3 rings (SSSR count). The van der Waals surface area contributed by atoms with Crippen molar-refractivity contribution < 1.29 is 0 Å². The summed E-state index contributed by atoms with van der Waals surface area (Å²) < 4.78 is 2.15. The summed E-state index contributed by atoms with van der Waals surface area (Å²) in [6, 6.07) is 8.09. The van der Waals surface area contributed by atoms with Crippen LogP contribution >= 0.6 is 11.6 Å². The van der Waals surface area contributed by atoms with Gasteiger partial charge in [0.05, 0.1) is 11.7 Å². The SMILES string of the molecule is C[C@@H](Cn1ccc2c1-c1cc(Cl)ccc1C2)N=[N+]=[N-]. The van der Waals surface area contributed by atoms with E-state index in [0.717, 1.165) is 11.4 Å². The third kappa shape index (κ3) is 2.09. The van der Waals surface area contributed by atoms with Gasteiger partial charge in [-0.25, -0.2) is 0 Å². The standard InChI is InChI=1S/C14H13ClN4/c1-9(17-18-16)8-19-5-4-11-6-10-2-3-12(15)7-13(10)14(11)19/h2-5,7,9H,6,8H2,1H3/t9-/m0/s1. The van der Waals surface area contributed by atoms with Crippen molar-refractivity contribution in [3.8, 4) is 11.3 Å². The van der Waals surface area contributed by atoms with Crippen LogP contribution in [0.3, 0.4) is 0 Å². The third-order valence-electron chi connectivity index (χ3n) is 3.46. The number of fused-ring (bicyclic) bond motifs is 3. The first-order valence-corrected chi connectivity index (χ1v) is 6.58. The van der Waals surface area contributed by atoms with E-state index < -0.39 is 0 Å². The molecule has 0 saturated carbocycles. The van der Waals surface area contributed by atoms with Gasteiger partial charge in [0.25, 0.3) is 0 Å². The smallest absolute Gasteiger partial charge is 0.0525 e. The fourth-order valence-corrected chi connectivity index (χ4v) is 2.85. The quantitative estimate of drug-likeness (QED) is 0.385. The molecular weight excluding hydrogens is 260 g/mol. The molecule has 19 heavy (non-hydrogen) atoms. The lowest BCUT2D eigenvalue weighted by atomic mass is 10.1. The summed E-state index contributed by atoms with van der Waals surface area (Å²) in [6.45, 7) is 2.60. The normalized spacial score (nSPS) is 13.6. The summed E-state index contributed by atoms with van der Waals surface area (Å²) in [4.78, 5) is 2.86. The minimum atomic E-state index is -0.0651. The van der Waals surface area contributed by atoms with Crippen LogP contribution in [0.1, 0.15) is 18.1 Å². The Hall–Kier alpha value is -1.90. The van der Waals surface area contributed by atoms with Crippen molar-refractivity contribution in [3.63, 3.8) is 0 Å². The molecule has 1 aromatic carbocycles. The average molecular weight is 273 g/mol. The summed E-state index contributed by atoms with van der Waals surface area (Å²) in [6.07, 6.45) is 3.00. The first kappa shape index (κ1) is 12.2. The number of rotatable bonds is 3. The number of azide groups is 1. The van der Waals surface area contributed by atoms with E-state index in [1.54, 1.807) is 0 Å². The van der Waals surface area contributed by atoms with Crippen molar-refractivity contribution in [2.45, 2.75) is 25.9 Å². The highest BCUT2D eigenvalue weighted by Gasteiger charge is 2.22. The van der Waals surface area contributed by atoms with Gasteiger partial charge in [-0.3, -0.25) is 0 Å². The molecule has 0 unspecified atom stereocenters. The van der Waals surface area contributed by atoms with E-state index in [-0.39, 0.29) is 6.04 Å². The van der Waals surface area contributed by atoms with Crippen LogP contribution in [-0.2, 0) is 13.0 Å². The summed E-state index contributed by atoms with van der Waals surface area (Å²) in [7, 11) is 0. The van der Waals surface area contributed by atoms with Gasteiger partial charge in [0.2, 0.25) is 0 Å². The maximum atomic E-state index is 8.48. The lowest BCUT2D eigenvalue weighted by Gasteiger charge is -2.11. The molecule has 96 valence electrons. The Morgan fingerprint density at radius 1 is 1.42 bits per heavy atom. The Balaban J connectivity index is 2.02. The van der Waals surface area contributed by atoms with Gasteiger partial charge in [-0.1, -0.05) is 29.7 Å². The summed E-state index contributed by atoms with van der Waals surface area (Å²) >= 11 is 6.09. The molecule has 5 heteroatoms. The molecule has 0 saturated heterocycles. The van der Waals surface area contributed by atoms with Gasteiger partial charge in [-0.2, -0.15) is 0 Å². The van der Waals surface area contributed by atoms with Gasteiger partial charge >= 0.3 is 0 Å². The second-order valence-electron chi connectivity index (χ2n) is 4.87. The molecule has 1 aromatic heterocycles. The zero-order chi connectivity index (χ0) is 13.4. The van der Waals surface area contributed by atoms with Crippen LogP contribution in [0.25, 0.3) is 21.7 Å². The van der Waals surface area contributed by atoms with Gasteiger partial charge < -0.3 is 4.57 Å². The number of aromatic nitrogens is 1.